The molecule has 12 aliphatic rings. The van der Waals surface area contributed by atoms with Gasteiger partial charge in [-0.25, -0.2) is 0 Å². The quantitative estimate of drug-likeness (QED) is 0.0300. The van der Waals surface area contributed by atoms with Gasteiger partial charge in [0.1, 0.15) is 107 Å². The molecule has 0 spiro atoms. The van der Waals surface area contributed by atoms with E-state index < -0.39 is 190 Å². The summed E-state index contributed by atoms with van der Waals surface area (Å²) < 4.78 is 162. The van der Waals surface area contributed by atoms with Crippen LogP contribution in [0.4, 0.5) is 0 Å². The molecule has 0 aromatic heterocycles. The first kappa shape index (κ1) is 133. The first-order chi connectivity index (χ1) is 62.9. The minimum Gasteiger partial charge on any atom is -0.412 e. The van der Waals surface area contributed by atoms with Gasteiger partial charge in [-0.05, 0) is 168 Å². The van der Waals surface area contributed by atoms with Crippen LogP contribution in [-0.2, 0) is 140 Å². The Morgan fingerprint density at radius 3 is 1.32 bits per heavy atom. The smallest absolute Gasteiger partial charge is 0.294 e. The number of aldehydes is 1. The van der Waals surface area contributed by atoms with Crippen molar-refractivity contribution in [2.24, 2.45) is 0 Å². The largest absolute Gasteiger partial charge is 0.412 e. The molecule has 21 N–H and O–H groups in total. The predicted molar refractivity (Wildman–Crippen MR) is 491 cm³/mol. The second-order valence-electron chi connectivity index (χ2n) is 37.8. The third kappa shape index (κ3) is 39.9. The molecule has 14 rings (SSSR count). The first-order valence-electron chi connectivity index (χ1n) is 44.1. The van der Waals surface area contributed by atoms with Crippen LogP contribution in [0.2, 0.25) is 0 Å². The Hall–Kier alpha value is -4.44. The van der Waals surface area contributed by atoms with Crippen molar-refractivity contribution in [3.63, 3.8) is 0 Å². The van der Waals surface area contributed by atoms with E-state index in [-0.39, 0.29) is 103 Å². The summed E-state index contributed by atoms with van der Waals surface area (Å²) in [6.45, 7) is 48.8. The van der Waals surface area contributed by atoms with Crippen molar-refractivity contribution in [3.05, 3.63) is 104 Å². The van der Waals surface area contributed by atoms with Gasteiger partial charge >= 0.3 is 0 Å². The lowest BCUT2D eigenvalue weighted by molar-refractivity contribution is -0.252. The van der Waals surface area contributed by atoms with Crippen LogP contribution in [0.15, 0.2) is 97.5 Å². The van der Waals surface area contributed by atoms with Gasteiger partial charge in [-0.2, -0.15) is 8.42 Å². The highest BCUT2D eigenvalue weighted by Gasteiger charge is 2.65. The fourth-order valence-electron chi connectivity index (χ4n) is 15.1. The zero-order valence-electron chi connectivity index (χ0n) is 83.6. The SMILES string of the molecule is C=CCO.C=CCO[C@@H]1OC[C@]2(CO)OC(C)(C)OC12.C=CCO[C@@H]1OC[C@]2(COCc3ccccc3)OC(C)(C)OC12.CC(=O)Cl.CC1(C)OC(C=O)[C@H]([C@H]2COC(C)(C)O2)O1.CC1(C)OC2[C@H](O)OC[C@]2(CO)O1.CC1(C)OC[C@H]([C@@H]2OC(C)(C)OC2(CO)CO)O1.CC1(C)O[C@@H]([C@H](O)CO)C(CO)(CO)O1.COC(C)(C)C.Cc1ccc(S(=O)(=O)O)cc1.O.O.O.OC1OC[C@@H](O)C(O)C1O. The second kappa shape index (κ2) is 56.6. The molecule has 20 atom stereocenters. The summed E-state index contributed by atoms with van der Waals surface area (Å²) in [6, 6.07) is 16.0. The van der Waals surface area contributed by atoms with Crippen LogP contribution in [0.5, 0.6) is 0 Å². The Bertz CT molecular complexity index is 3960. The molecule has 2 aromatic rings. The van der Waals surface area contributed by atoms with Crippen molar-refractivity contribution in [1.29, 1.82) is 0 Å². The number of benzene rings is 2. The molecule has 12 saturated heterocycles. The van der Waals surface area contributed by atoms with Gasteiger partial charge in [-0.3, -0.25) is 9.35 Å². The molecule has 12 aliphatic heterocycles. The maximum absolute atomic E-state index is 10.9. The Balaban J connectivity index is 0.000000783. The molecule has 0 bridgehead atoms. The average molecular weight is 2060 g/mol. The topological polar surface area (TPSA) is 688 Å². The van der Waals surface area contributed by atoms with Crippen molar-refractivity contribution in [2.75, 3.05) is 119 Å². The maximum Gasteiger partial charge on any atom is 0.294 e. The van der Waals surface area contributed by atoms with E-state index in [4.69, 9.17) is 144 Å². The fraction of sp³-hybridized carbons (Fsp3) is 0.780. The Morgan fingerprint density at radius 2 is 0.921 bits per heavy atom. The van der Waals surface area contributed by atoms with Crippen LogP contribution in [0.25, 0.3) is 0 Å². The molecule has 0 amide bonds. The van der Waals surface area contributed by atoms with Crippen LogP contribution in [0, 0.1) is 6.92 Å². The van der Waals surface area contributed by atoms with E-state index in [2.05, 4.69) is 36.1 Å². The van der Waals surface area contributed by atoms with Gasteiger partial charge in [-0.15, -0.1) is 19.7 Å². The molecule has 46 nitrogen and oxygen atoms in total. The van der Waals surface area contributed by atoms with Gasteiger partial charge < -0.3 is 206 Å². The number of aryl methyl sites for hydroxylation is 1. The number of methoxy groups -OCH3 is 1. The van der Waals surface area contributed by atoms with E-state index in [1.807, 2.05) is 113 Å². The van der Waals surface area contributed by atoms with Crippen LogP contribution < -0.4 is 0 Å². The third-order valence-corrected chi connectivity index (χ3v) is 21.9. The van der Waals surface area contributed by atoms with E-state index in [0.717, 1.165) is 17.4 Å². The number of hydrogen-bond acceptors (Lipinski definition) is 42. The minimum absolute atomic E-state index is 0. The van der Waals surface area contributed by atoms with E-state index in [1.54, 1.807) is 86.8 Å². The highest BCUT2D eigenvalue weighted by molar-refractivity contribution is 7.85. The van der Waals surface area contributed by atoms with Crippen molar-refractivity contribution in [2.45, 2.75) is 341 Å². The molecule has 0 saturated carbocycles. The molecule has 2 aromatic carbocycles. The lowest BCUT2D eigenvalue weighted by atomic mass is 9.94. The number of hydrogen-bond donors (Lipinski definition) is 15. The summed E-state index contributed by atoms with van der Waals surface area (Å²) >= 11 is 4.64. The van der Waals surface area contributed by atoms with E-state index in [1.165, 1.54) is 25.1 Å². The zero-order valence-corrected chi connectivity index (χ0v) is 85.2. The Morgan fingerprint density at radius 1 is 0.511 bits per heavy atom. The molecule has 12 heterocycles. The molecule has 12 fully saturated rings. The highest BCUT2D eigenvalue weighted by Crippen LogP contribution is 2.48. The van der Waals surface area contributed by atoms with Crippen molar-refractivity contribution in [1.82, 2.24) is 0 Å². The first-order valence-corrected chi connectivity index (χ1v) is 45.9. The second-order valence-corrected chi connectivity index (χ2v) is 39.7. The lowest BCUT2D eigenvalue weighted by Gasteiger charge is -2.31. The summed E-state index contributed by atoms with van der Waals surface area (Å²) in [6.07, 6.45) is -7.32. The molecule has 139 heavy (non-hydrogen) atoms. The predicted octanol–water partition coefficient (Wildman–Crippen LogP) is -0.0649. The molecule has 7 unspecified atom stereocenters. The van der Waals surface area contributed by atoms with Gasteiger partial charge in [-0.1, -0.05) is 66.3 Å². The van der Waals surface area contributed by atoms with Gasteiger partial charge in [0.25, 0.3) is 10.1 Å². The molecule has 0 radical (unpaired) electrons. The van der Waals surface area contributed by atoms with Gasteiger partial charge in [0.2, 0.25) is 5.24 Å². The summed E-state index contributed by atoms with van der Waals surface area (Å²) in [4.78, 5) is 20.1. The number of aliphatic hydroxyl groups excluding tert-OH is 14. The van der Waals surface area contributed by atoms with Crippen molar-refractivity contribution < 1.29 is 224 Å². The van der Waals surface area contributed by atoms with Crippen LogP contribution >= 0.6 is 11.6 Å². The van der Waals surface area contributed by atoms with E-state index in [9.17, 15) is 58.9 Å². The maximum atomic E-state index is 10.9. The van der Waals surface area contributed by atoms with Gasteiger partial charge in [0, 0.05) is 14.0 Å². The molecule has 0 aliphatic carbocycles. The van der Waals surface area contributed by atoms with Gasteiger partial charge in [0.15, 0.2) is 77.7 Å². The monoisotopic (exact) mass is 2050 g/mol. The third-order valence-electron chi connectivity index (χ3n) is 21.1. The van der Waals surface area contributed by atoms with Crippen LogP contribution in [-0.4, -0.2) is 416 Å². The van der Waals surface area contributed by atoms with E-state index in [0.29, 0.717) is 46.2 Å². The number of carbonyl (C=O) groups is 2. The minimum atomic E-state index is -4.02. The number of ether oxygens (including phenoxy) is 24. The average Bonchev–Trinajstić information content (AvgIpc) is 1.60. The molecule has 48 heteroatoms. The Kier molecular flexibility index (Phi) is 54.0. The number of halogens is 1. The summed E-state index contributed by atoms with van der Waals surface area (Å²) in [5, 5.41) is 127. The zero-order chi connectivity index (χ0) is 104. The number of fused-ring (bicyclic) bond motifs is 3. The van der Waals surface area contributed by atoms with Crippen molar-refractivity contribution >= 4 is 33.2 Å². The summed E-state index contributed by atoms with van der Waals surface area (Å²) in [5.41, 5.74) is -2.72. The standard InChI is InChI=1S/C18H24O5.C12H22O6.2C11H18O5.C9H18O6.C8H14O5.C7H8O3S.C5H10O5.C5H12O.C3H6O.C2H3ClO.3H2O/c1-4-10-20-16-15-18(13-21-16,23-17(2,3)22-15)12-19-11-14-8-6-5-7-9-14;1-10(2)15-5-8(16-10)9-12(6-13,7-14)18-11(3,4)17-9;1-10(2)13-6-8(15-10)9-7(5-12)14-11(3,4)16-9;1-4-5-13-9-8-11(6-12,7-14-9)16-10(2,3)15-8;1-8(2)14-7(6(13)3-10)9(4-11,5-12)15-8;1-7(2)12-5-6(10)11-4-8(5,3-9)13-7;1-6-2-4-7(5-3-6)11(8,9)10;6-2-1-10-5(9)4(8)3(2)7;1-5(2,3)6-4;1-2-3-4;1-2(3)4;;;/h4-9,15-16H,1,10-13H2,2-3H3;8-9,13-14H,5-7H2,1-4H3;5,7-9H,6H2,1-4H3;4,8-9,12H,1,5-7H2,2-3H3;6-7,10-13H,3-5H2,1-2H3;5-6,9-10H,3-4H2,1-2H3;2-5H,1H3,(H,8,9,10);2-9H,1H2;1-4H3;2,4H,1,3H2;1H3;3*1H2/t15?,16-,18+;8-,9+;7?,8-,9-;8?,9-,11+;6-,7+;5?,6-,8+;;2-,3?,4?,5?;;;;;;/m111111.1....../s1. The normalized spacial score (nSPS) is 32.6. The summed E-state index contributed by atoms with van der Waals surface area (Å²) in [7, 11) is -2.31. The summed E-state index contributed by atoms with van der Waals surface area (Å²) in [5.74, 6) is -6.08. The van der Waals surface area contributed by atoms with E-state index >= 15 is 0 Å². The van der Waals surface area contributed by atoms with Crippen LogP contribution in [0.3, 0.4) is 0 Å². The number of carbonyl (C=O) groups excluding carboxylic acids is 2. The molecular weight excluding hydrogens is 1900 g/mol. The number of aliphatic hydroxyl groups is 14. The lowest BCUT2D eigenvalue weighted by Crippen LogP contribution is -2.53. The number of rotatable bonds is 23. The Labute approximate surface area is 818 Å². The molecule has 812 valence electrons. The fourth-order valence-corrected chi connectivity index (χ4v) is 15.6. The van der Waals surface area contributed by atoms with Crippen molar-refractivity contribution in [3.8, 4) is 0 Å². The highest BCUT2D eigenvalue weighted by atomic mass is 35.5. The van der Waals surface area contributed by atoms with Crippen LogP contribution in [0.1, 0.15) is 150 Å². The van der Waals surface area contributed by atoms with Gasteiger partial charge in [0.05, 0.1) is 129 Å². The molecular formula is C91H159ClO46S.